The molecule has 1 saturated carbocycles. The lowest BCUT2D eigenvalue weighted by Crippen LogP contribution is -2.37. The van der Waals surface area contributed by atoms with Crippen molar-refractivity contribution in [2.24, 2.45) is 17.8 Å². The maximum Gasteiger partial charge on any atom is 0.274 e. The van der Waals surface area contributed by atoms with Gasteiger partial charge in [-0.05, 0) is 37.5 Å². The number of hydrogen-bond acceptors (Lipinski definition) is 3. The first-order chi connectivity index (χ1) is 11.5. The fourth-order valence-corrected chi connectivity index (χ4v) is 3.38. The van der Waals surface area contributed by atoms with Gasteiger partial charge in [0, 0.05) is 26.7 Å². The van der Waals surface area contributed by atoms with Crippen molar-refractivity contribution in [1.82, 2.24) is 19.8 Å². The number of hydrogen-bond donors (Lipinski definition) is 1. The molecular weight excluding hydrogens is 304 g/mol. The molecule has 1 aliphatic heterocycles. The number of nitrogens with one attached hydrogen (secondary N) is 1. The SMILES string of the molecule is CC(C)CN(C)C(=O)c1ncn2c1CCC(C(=O)NCC1CC1)C2. The second-order valence-corrected chi connectivity index (χ2v) is 7.70. The molecule has 1 atom stereocenters. The second kappa shape index (κ2) is 6.95. The van der Waals surface area contributed by atoms with Crippen LogP contribution in [0.15, 0.2) is 6.33 Å². The molecule has 0 spiro atoms. The fourth-order valence-electron chi connectivity index (χ4n) is 3.38. The molecule has 1 aromatic heterocycles. The van der Waals surface area contributed by atoms with E-state index in [0.717, 1.165) is 31.6 Å². The first-order valence-corrected chi connectivity index (χ1v) is 9.03. The lowest BCUT2D eigenvalue weighted by atomic mass is 9.96. The highest BCUT2D eigenvalue weighted by Gasteiger charge is 2.30. The fraction of sp³-hybridized carbons (Fsp3) is 0.722. The van der Waals surface area contributed by atoms with Crippen LogP contribution in [0.2, 0.25) is 0 Å². The summed E-state index contributed by atoms with van der Waals surface area (Å²) < 4.78 is 1.99. The number of fused-ring (bicyclic) bond motifs is 1. The lowest BCUT2D eigenvalue weighted by Gasteiger charge is -2.25. The molecule has 0 saturated heterocycles. The van der Waals surface area contributed by atoms with E-state index < -0.39 is 0 Å². The molecule has 1 aromatic rings. The Morgan fingerprint density at radius 3 is 2.79 bits per heavy atom. The molecule has 2 amide bonds. The molecule has 24 heavy (non-hydrogen) atoms. The predicted molar refractivity (Wildman–Crippen MR) is 91.6 cm³/mol. The summed E-state index contributed by atoms with van der Waals surface area (Å²) in [7, 11) is 1.82. The molecule has 2 aliphatic rings. The molecule has 1 fully saturated rings. The average molecular weight is 332 g/mol. The third kappa shape index (κ3) is 3.79. The number of nitrogens with zero attached hydrogens (tertiary/aromatic N) is 3. The molecule has 2 heterocycles. The summed E-state index contributed by atoms with van der Waals surface area (Å²) in [5, 5.41) is 3.07. The largest absolute Gasteiger partial charge is 0.356 e. The third-order valence-electron chi connectivity index (χ3n) is 4.91. The van der Waals surface area contributed by atoms with Gasteiger partial charge in [-0.1, -0.05) is 13.8 Å². The Balaban J connectivity index is 1.63. The van der Waals surface area contributed by atoms with Crippen molar-refractivity contribution in [2.75, 3.05) is 20.1 Å². The van der Waals surface area contributed by atoms with Gasteiger partial charge in [0.15, 0.2) is 0 Å². The van der Waals surface area contributed by atoms with Crippen molar-refractivity contribution in [3.8, 4) is 0 Å². The van der Waals surface area contributed by atoms with Crippen LogP contribution in [0.5, 0.6) is 0 Å². The van der Waals surface area contributed by atoms with Crippen LogP contribution in [-0.4, -0.2) is 46.4 Å². The van der Waals surface area contributed by atoms with Gasteiger partial charge >= 0.3 is 0 Å². The first-order valence-electron chi connectivity index (χ1n) is 9.03. The summed E-state index contributed by atoms with van der Waals surface area (Å²) in [6.45, 7) is 6.35. The Bertz CT molecular complexity index is 619. The minimum Gasteiger partial charge on any atom is -0.356 e. The molecule has 0 radical (unpaired) electrons. The van der Waals surface area contributed by atoms with E-state index in [1.54, 1.807) is 11.2 Å². The highest BCUT2D eigenvalue weighted by molar-refractivity contribution is 5.93. The monoisotopic (exact) mass is 332 g/mol. The van der Waals surface area contributed by atoms with Crippen LogP contribution in [0.1, 0.15) is 49.3 Å². The summed E-state index contributed by atoms with van der Waals surface area (Å²) in [6, 6.07) is 0. The van der Waals surface area contributed by atoms with Crippen molar-refractivity contribution in [3.05, 3.63) is 17.7 Å². The normalized spacial score (nSPS) is 19.9. The topological polar surface area (TPSA) is 67.2 Å². The maximum atomic E-state index is 12.6. The zero-order valence-electron chi connectivity index (χ0n) is 14.9. The number of rotatable bonds is 6. The summed E-state index contributed by atoms with van der Waals surface area (Å²) in [4.78, 5) is 31.0. The first kappa shape index (κ1) is 17.0. The van der Waals surface area contributed by atoms with Gasteiger partial charge in [0.05, 0.1) is 17.9 Å². The van der Waals surface area contributed by atoms with Crippen LogP contribution in [0.4, 0.5) is 0 Å². The molecular formula is C18H28N4O2. The molecule has 1 unspecified atom stereocenters. The molecule has 1 aliphatic carbocycles. The van der Waals surface area contributed by atoms with Crippen LogP contribution in [0.25, 0.3) is 0 Å². The van der Waals surface area contributed by atoms with Crippen LogP contribution >= 0.6 is 0 Å². The van der Waals surface area contributed by atoms with Gasteiger partial charge in [-0.15, -0.1) is 0 Å². The molecule has 3 rings (SSSR count). The standard InChI is InChI=1S/C18H28N4O2/c1-12(2)9-21(3)18(24)16-15-7-6-14(10-22(15)11-20-16)17(23)19-8-13-4-5-13/h11-14H,4-10H2,1-3H3,(H,19,23). The van der Waals surface area contributed by atoms with E-state index >= 15 is 0 Å². The Kier molecular flexibility index (Phi) is 4.92. The van der Waals surface area contributed by atoms with Gasteiger partial charge in [0.2, 0.25) is 5.91 Å². The Hall–Kier alpha value is -1.85. The van der Waals surface area contributed by atoms with Crippen LogP contribution in [0, 0.1) is 17.8 Å². The predicted octanol–water partition coefficient (Wildman–Crippen LogP) is 1.70. The van der Waals surface area contributed by atoms with Gasteiger partial charge in [0.25, 0.3) is 5.91 Å². The highest BCUT2D eigenvalue weighted by atomic mass is 16.2. The third-order valence-corrected chi connectivity index (χ3v) is 4.91. The van der Waals surface area contributed by atoms with E-state index in [9.17, 15) is 9.59 Å². The minimum atomic E-state index is -0.0194. The summed E-state index contributed by atoms with van der Waals surface area (Å²) in [5.74, 6) is 1.24. The van der Waals surface area contributed by atoms with Crippen molar-refractivity contribution < 1.29 is 9.59 Å². The minimum absolute atomic E-state index is 0.0122. The zero-order chi connectivity index (χ0) is 17.3. The van der Waals surface area contributed by atoms with Gasteiger partial charge in [0.1, 0.15) is 5.69 Å². The van der Waals surface area contributed by atoms with E-state index in [0.29, 0.717) is 24.1 Å². The van der Waals surface area contributed by atoms with Crippen LogP contribution in [-0.2, 0) is 17.8 Å². The lowest BCUT2D eigenvalue weighted by molar-refractivity contribution is -0.126. The molecule has 6 nitrogen and oxygen atoms in total. The van der Waals surface area contributed by atoms with Crippen LogP contribution in [0.3, 0.4) is 0 Å². The summed E-state index contributed by atoms with van der Waals surface area (Å²) >= 11 is 0. The zero-order valence-corrected chi connectivity index (χ0v) is 14.9. The maximum absolute atomic E-state index is 12.6. The van der Waals surface area contributed by atoms with E-state index in [-0.39, 0.29) is 17.7 Å². The Labute approximate surface area is 143 Å². The van der Waals surface area contributed by atoms with E-state index in [2.05, 4.69) is 24.1 Å². The highest BCUT2D eigenvalue weighted by Crippen LogP contribution is 2.28. The number of carbonyl (C=O) groups excluding carboxylic acids is 2. The smallest absolute Gasteiger partial charge is 0.274 e. The van der Waals surface area contributed by atoms with Crippen molar-refractivity contribution in [3.63, 3.8) is 0 Å². The van der Waals surface area contributed by atoms with Crippen molar-refractivity contribution >= 4 is 11.8 Å². The summed E-state index contributed by atoms with van der Waals surface area (Å²) in [5.41, 5.74) is 1.52. The van der Waals surface area contributed by atoms with Crippen molar-refractivity contribution in [2.45, 2.75) is 46.1 Å². The molecule has 0 aromatic carbocycles. The average Bonchev–Trinajstić information content (AvgIpc) is 3.28. The van der Waals surface area contributed by atoms with Gasteiger partial charge < -0.3 is 14.8 Å². The van der Waals surface area contributed by atoms with Gasteiger partial charge in [-0.25, -0.2) is 4.98 Å². The number of amides is 2. The molecule has 0 bridgehead atoms. The second-order valence-electron chi connectivity index (χ2n) is 7.70. The van der Waals surface area contributed by atoms with E-state index in [4.69, 9.17) is 0 Å². The quantitative estimate of drug-likeness (QED) is 0.862. The summed E-state index contributed by atoms with van der Waals surface area (Å²) in [6.07, 6.45) is 5.72. The van der Waals surface area contributed by atoms with E-state index in [1.807, 2.05) is 11.6 Å². The van der Waals surface area contributed by atoms with Gasteiger partial charge in [-0.2, -0.15) is 0 Å². The number of carbonyl (C=O) groups is 2. The van der Waals surface area contributed by atoms with Gasteiger partial charge in [-0.3, -0.25) is 9.59 Å². The van der Waals surface area contributed by atoms with Crippen molar-refractivity contribution in [1.29, 1.82) is 0 Å². The molecule has 1 N–H and O–H groups in total. The molecule has 132 valence electrons. The number of aromatic nitrogens is 2. The Morgan fingerprint density at radius 2 is 2.12 bits per heavy atom. The Morgan fingerprint density at radius 1 is 1.38 bits per heavy atom. The number of imidazole rings is 1. The van der Waals surface area contributed by atoms with Crippen LogP contribution < -0.4 is 5.32 Å². The molecule has 6 heteroatoms. The van der Waals surface area contributed by atoms with E-state index in [1.165, 1.54) is 12.8 Å².